The molecule has 1 amide bonds. The van der Waals surface area contributed by atoms with E-state index in [1.165, 1.54) is 0 Å². The van der Waals surface area contributed by atoms with Gasteiger partial charge in [-0.15, -0.1) is 0 Å². The number of esters is 1. The van der Waals surface area contributed by atoms with Crippen molar-refractivity contribution in [1.82, 2.24) is 9.88 Å². The molecule has 1 aromatic carbocycles. The number of aromatic amines is 1. The summed E-state index contributed by atoms with van der Waals surface area (Å²) in [5.41, 5.74) is 1.35. The summed E-state index contributed by atoms with van der Waals surface area (Å²) < 4.78 is 5.19. The van der Waals surface area contributed by atoms with Gasteiger partial charge in [0.15, 0.2) is 6.61 Å². The van der Waals surface area contributed by atoms with E-state index in [1.54, 1.807) is 11.1 Å². The number of H-pyrrole nitrogens is 1. The summed E-state index contributed by atoms with van der Waals surface area (Å²) in [6.45, 7) is 3.51. The van der Waals surface area contributed by atoms with E-state index in [4.69, 9.17) is 4.74 Å². The number of likely N-dealkylation sites (tertiary alicyclic amines) is 1. The van der Waals surface area contributed by atoms with Gasteiger partial charge in [-0.1, -0.05) is 25.1 Å². The lowest BCUT2D eigenvalue weighted by molar-refractivity contribution is -0.135. The van der Waals surface area contributed by atoms with Crippen molar-refractivity contribution in [3.63, 3.8) is 0 Å². The molecule has 0 atom stereocenters. The first kappa shape index (κ1) is 14.6. The number of nitrogens with one attached hydrogen (secondary N) is 1. The number of hydrogen-bond donors (Lipinski definition) is 1. The Morgan fingerprint density at radius 3 is 2.77 bits per heavy atom. The summed E-state index contributed by atoms with van der Waals surface area (Å²) in [7, 11) is 0. The molecule has 0 radical (unpaired) electrons. The van der Waals surface area contributed by atoms with E-state index in [-0.39, 0.29) is 12.5 Å². The number of hydrogen-bond acceptors (Lipinski definition) is 3. The predicted octanol–water partition coefficient (Wildman–Crippen LogP) is 2.58. The summed E-state index contributed by atoms with van der Waals surface area (Å²) in [5, 5.41) is 0.812. The molecule has 116 valence electrons. The first-order chi connectivity index (χ1) is 10.6. The van der Waals surface area contributed by atoms with Crippen molar-refractivity contribution in [2.45, 2.75) is 19.8 Å². The maximum Gasteiger partial charge on any atom is 0.340 e. The second-order valence-electron chi connectivity index (χ2n) is 5.89. The van der Waals surface area contributed by atoms with Crippen molar-refractivity contribution in [1.29, 1.82) is 0 Å². The standard InChI is InChI=1S/C17H20N2O3/c1-12-6-8-19(9-7-12)16(20)11-22-17(21)14-10-18-15-5-3-2-4-13(14)15/h2-5,10,12,18H,6-9,11H2,1H3. The van der Waals surface area contributed by atoms with Crippen molar-refractivity contribution in [3.8, 4) is 0 Å². The molecule has 0 saturated carbocycles. The van der Waals surface area contributed by atoms with Crippen LogP contribution in [-0.2, 0) is 9.53 Å². The quantitative estimate of drug-likeness (QED) is 0.886. The summed E-state index contributed by atoms with van der Waals surface area (Å²) in [6.07, 6.45) is 3.66. The minimum absolute atomic E-state index is 0.111. The Hall–Kier alpha value is -2.30. The molecule has 0 unspecified atom stereocenters. The first-order valence-electron chi connectivity index (χ1n) is 7.66. The molecule has 1 aliphatic rings. The first-order valence-corrected chi connectivity index (χ1v) is 7.66. The summed E-state index contributed by atoms with van der Waals surface area (Å²) in [6, 6.07) is 7.52. The van der Waals surface area contributed by atoms with Crippen molar-refractivity contribution in [2.24, 2.45) is 5.92 Å². The van der Waals surface area contributed by atoms with E-state index in [0.29, 0.717) is 11.5 Å². The Bertz CT molecular complexity index is 684. The van der Waals surface area contributed by atoms with Gasteiger partial charge >= 0.3 is 5.97 Å². The van der Waals surface area contributed by atoms with Crippen molar-refractivity contribution >= 4 is 22.8 Å². The highest BCUT2D eigenvalue weighted by atomic mass is 16.5. The molecule has 1 aliphatic heterocycles. The van der Waals surface area contributed by atoms with Gasteiger partial charge in [-0.05, 0) is 24.8 Å². The zero-order valence-corrected chi connectivity index (χ0v) is 12.7. The fourth-order valence-corrected chi connectivity index (χ4v) is 2.79. The Morgan fingerprint density at radius 1 is 1.27 bits per heavy atom. The molecule has 2 heterocycles. The fraction of sp³-hybridized carbons (Fsp3) is 0.412. The number of fused-ring (bicyclic) bond motifs is 1. The fourth-order valence-electron chi connectivity index (χ4n) is 2.79. The van der Waals surface area contributed by atoms with Gasteiger partial charge in [0.05, 0.1) is 5.56 Å². The molecule has 1 fully saturated rings. The lowest BCUT2D eigenvalue weighted by atomic mass is 9.99. The monoisotopic (exact) mass is 300 g/mol. The van der Waals surface area contributed by atoms with Gasteiger partial charge in [-0.25, -0.2) is 4.79 Å². The van der Waals surface area contributed by atoms with Crippen molar-refractivity contribution < 1.29 is 14.3 Å². The van der Waals surface area contributed by atoms with Crippen LogP contribution in [0.2, 0.25) is 0 Å². The maximum absolute atomic E-state index is 12.1. The second-order valence-corrected chi connectivity index (χ2v) is 5.89. The molecular weight excluding hydrogens is 280 g/mol. The van der Waals surface area contributed by atoms with Crippen LogP contribution in [-0.4, -0.2) is 41.5 Å². The van der Waals surface area contributed by atoms with Crippen LogP contribution in [0.15, 0.2) is 30.5 Å². The highest BCUT2D eigenvalue weighted by Gasteiger charge is 2.22. The topological polar surface area (TPSA) is 62.4 Å². The molecule has 22 heavy (non-hydrogen) atoms. The lowest BCUT2D eigenvalue weighted by Gasteiger charge is -2.30. The van der Waals surface area contributed by atoms with Gasteiger partial charge in [0, 0.05) is 30.2 Å². The van der Waals surface area contributed by atoms with Gasteiger partial charge in [0.25, 0.3) is 5.91 Å². The van der Waals surface area contributed by atoms with Crippen molar-refractivity contribution in [3.05, 3.63) is 36.0 Å². The Labute approximate surface area is 129 Å². The number of nitrogens with zero attached hydrogens (tertiary/aromatic N) is 1. The van der Waals surface area contributed by atoms with Gasteiger partial charge in [0.2, 0.25) is 0 Å². The zero-order valence-electron chi connectivity index (χ0n) is 12.7. The molecule has 5 nitrogen and oxygen atoms in total. The van der Waals surface area contributed by atoms with E-state index in [1.807, 2.05) is 24.3 Å². The minimum atomic E-state index is -0.462. The molecule has 0 bridgehead atoms. The predicted molar refractivity (Wildman–Crippen MR) is 83.6 cm³/mol. The van der Waals surface area contributed by atoms with E-state index in [0.717, 1.165) is 36.8 Å². The number of ether oxygens (including phenoxy) is 1. The highest BCUT2D eigenvalue weighted by Crippen LogP contribution is 2.19. The van der Waals surface area contributed by atoms with Gasteiger partial charge in [-0.2, -0.15) is 0 Å². The number of para-hydroxylation sites is 1. The van der Waals surface area contributed by atoms with Crippen LogP contribution in [0.25, 0.3) is 10.9 Å². The van der Waals surface area contributed by atoms with Gasteiger partial charge < -0.3 is 14.6 Å². The number of carbonyl (C=O) groups is 2. The molecule has 5 heteroatoms. The molecule has 2 aromatic rings. The van der Waals surface area contributed by atoms with E-state index in [9.17, 15) is 9.59 Å². The third-order valence-electron chi connectivity index (χ3n) is 4.27. The number of aromatic nitrogens is 1. The van der Waals surface area contributed by atoms with E-state index < -0.39 is 5.97 Å². The number of benzene rings is 1. The molecule has 1 saturated heterocycles. The SMILES string of the molecule is CC1CCN(C(=O)COC(=O)c2c[nH]c3ccccc23)CC1. The van der Waals surface area contributed by atoms with Crippen LogP contribution in [0.3, 0.4) is 0 Å². The van der Waals surface area contributed by atoms with Crippen LogP contribution >= 0.6 is 0 Å². The smallest absolute Gasteiger partial charge is 0.340 e. The summed E-state index contributed by atoms with van der Waals surface area (Å²) in [5.74, 6) is 0.0917. The van der Waals surface area contributed by atoms with Crippen LogP contribution < -0.4 is 0 Å². The minimum Gasteiger partial charge on any atom is -0.452 e. The molecular formula is C17H20N2O3. The molecule has 1 N–H and O–H groups in total. The van der Waals surface area contributed by atoms with Crippen LogP contribution in [0.5, 0.6) is 0 Å². The number of carbonyl (C=O) groups excluding carboxylic acids is 2. The average molecular weight is 300 g/mol. The number of rotatable bonds is 3. The lowest BCUT2D eigenvalue weighted by Crippen LogP contribution is -2.40. The third kappa shape index (κ3) is 2.98. The molecule has 0 aliphatic carbocycles. The number of piperidine rings is 1. The number of amides is 1. The normalized spacial score (nSPS) is 16.0. The van der Waals surface area contributed by atoms with E-state index >= 15 is 0 Å². The van der Waals surface area contributed by atoms with Crippen LogP contribution in [0.1, 0.15) is 30.1 Å². The largest absolute Gasteiger partial charge is 0.452 e. The van der Waals surface area contributed by atoms with Crippen molar-refractivity contribution in [2.75, 3.05) is 19.7 Å². The van der Waals surface area contributed by atoms with Crippen LogP contribution in [0.4, 0.5) is 0 Å². The summed E-state index contributed by atoms with van der Waals surface area (Å²) >= 11 is 0. The Balaban J connectivity index is 1.59. The Morgan fingerprint density at radius 2 is 2.00 bits per heavy atom. The molecule has 1 aromatic heterocycles. The third-order valence-corrected chi connectivity index (χ3v) is 4.27. The zero-order chi connectivity index (χ0) is 15.5. The maximum atomic E-state index is 12.1. The highest BCUT2D eigenvalue weighted by molar-refractivity contribution is 6.04. The Kier molecular flexibility index (Phi) is 4.13. The summed E-state index contributed by atoms with van der Waals surface area (Å²) in [4.78, 5) is 29.0. The molecule has 0 spiro atoms. The van der Waals surface area contributed by atoms with Gasteiger partial charge in [-0.3, -0.25) is 4.79 Å². The van der Waals surface area contributed by atoms with Crippen LogP contribution in [0, 0.1) is 5.92 Å². The molecule has 3 rings (SSSR count). The van der Waals surface area contributed by atoms with Gasteiger partial charge in [0.1, 0.15) is 0 Å². The van der Waals surface area contributed by atoms with E-state index in [2.05, 4.69) is 11.9 Å². The average Bonchev–Trinajstić information content (AvgIpc) is 2.97. The second kappa shape index (κ2) is 6.22.